The van der Waals surface area contributed by atoms with Crippen molar-refractivity contribution < 1.29 is 13.2 Å². The molecular weight excluding hydrogens is 286 g/mol. The summed E-state index contributed by atoms with van der Waals surface area (Å²) in [6, 6.07) is 1.49. The Morgan fingerprint density at radius 1 is 1.53 bits per heavy atom. The summed E-state index contributed by atoms with van der Waals surface area (Å²) in [6.07, 6.45) is 0.955. The number of carbonyl (C=O) groups excluding carboxylic acids is 1. The summed E-state index contributed by atoms with van der Waals surface area (Å²) in [5.41, 5.74) is 5.89. The zero-order chi connectivity index (χ0) is 14.5. The van der Waals surface area contributed by atoms with Gasteiger partial charge in [-0.25, -0.2) is 13.1 Å². The minimum Gasteiger partial charge on any atom is -0.398 e. The Balaban J connectivity index is 2.42. The van der Waals surface area contributed by atoms with Gasteiger partial charge in [-0.1, -0.05) is 6.92 Å². The van der Waals surface area contributed by atoms with E-state index in [1.165, 1.54) is 6.07 Å². The largest absolute Gasteiger partial charge is 0.398 e. The highest BCUT2D eigenvalue weighted by Crippen LogP contribution is 2.21. The van der Waals surface area contributed by atoms with Gasteiger partial charge in [0.25, 0.3) is 0 Å². The summed E-state index contributed by atoms with van der Waals surface area (Å²) in [4.78, 5) is 11.5. The molecule has 6 nitrogen and oxygen atoms in total. The Labute approximate surface area is 117 Å². The van der Waals surface area contributed by atoms with Crippen LogP contribution in [0.4, 0.5) is 5.69 Å². The highest BCUT2D eigenvalue weighted by molar-refractivity contribution is 7.91. The first-order valence-electron chi connectivity index (χ1n) is 5.98. The molecule has 1 aromatic heterocycles. The molecule has 1 atom stereocenters. The molecule has 19 heavy (non-hydrogen) atoms. The van der Waals surface area contributed by atoms with Crippen molar-refractivity contribution in [3.05, 3.63) is 11.4 Å². The molecule has 1 rings (SSSR count). The van der Waals surface area contributed by atoms with E-state index in [1.54, 1.807) is 5.38 Å². The lowest BCUT2D eigenvalue weighted by Crippen LogP contribution is -2.35. The summed E-state index contributed by atoms with van der Waals surface area (Å²) in [6.45, 7) is 3.94. The van der Waals surface area contributed by atoms with Gasteiger partial charge in [0.1, 0.15) is 4.21 Å². The fourth-order valence-electron chi connectivity index (χ4n) is 1.29. The van der Waals surface area contributed by atoms with Crippen molar-refractivity contribution in [2.75, 3.05) is 12.3 Å². The molecule has 0 radical (unpaired) electrons. The van der Waals surface area contributed by atoms with E-state index in [2.05, 4.69) is 10.0 Å². The molecule has 0 saturated carbocycles. The summed E-state index contributed by atoms with van der Waals surface area (Å²) in [5, 5.41) is 4.33. The van der Waals surface area contributed by atoms with Gasteiger partial charge in [-0.3, -0.25) is 4.79 Å². The molecule has 0 aromatic carbocycles. The van der Waals surface area contributed by atoms with Crippen molar-refractivity contribution in [1.82, 2.24) is 10.0 Å². The van der Waals surface area contributed by atoms with Crippen LogP contribution >= 0.6 is 11.3 Å². The fraction of sp³-hybridized carbons (Fsp3) is 0.545. The van der Waals surface area contributed by atoms with Crippen LogP contribution in [-0.2, 0) is 14.8 Å². The van der Waals surface area contributed by atoms with E-state index < -0.39 is 10.0 Å². The number of thiophene rings is 1. The maximum absolute atomic E-state index is 11.8. The molecule has 0 bridgehead atoms. The maximum atomic E-state index is 11.8. The first-order chi connectivity index (χ1) is 8.85. The molecule has 0 saturated heterocycles. The SMILES string of the molecule is CCC(C)NC(=O)CCNS(=O)(=O)c1cc(N)cs1. The number of anilines is 1. The van der Waals surface area contributed by atoms with E-state index in [0.717, 1.165) is 17.8 Å². The zero-order valence-corrected chi connectivity index (χ0v) is 12.6. The van der Waals surface area contributed by atoms with Crippen LogP contribution in [0.5, 0.6) is 0 Å². The van der Waals surface area contributed by atoms with Crippen LogP contribution in [0.1, 0.15) is 26.7 Å². The van der Waals surface area contributed by atoms with Crippen LogP contribution in [0.25, 0.3) is 0 Å². The van der Waals surface area contributed by atoms with E-state index in [0.29, 0.717) is 5.69 Å². The van der Waals surface area contributed by atoms with Crippen LogP contribution in [0, 0.1) is 0 Å². The molecule has 4 N–H and O–H groups in total. The van der Waals surface area contributed by atoms with Gasteiger partial charge in [-0.15, -0.1) is 11.3 Å². The number of sulfonamides is 1. The minimum atomic E-state index is -3.56. The fourth-order valence-corrected chi connectivity index (χ4v) is 3.45. The molecule has 1 aromatic rings. The Hall–Kier alpha value is -1.12. The van der Waals surface area contributed by atoms with E-state index in [4.69, 9.17) is 5.73 Å². The first-order valence-corrected chi connectivity index (χ1v) is 8.34. The highest BCUT2D eigenvalue weighted by Gasteiger charge is 2.16. The van der Waals surface area contributed by atoms with Crippen LogP contribution in [0.3, 0.4) is 0 Å². The van der Waals surface area contributed by atoms with Crippen LogP contribution in [0.15, 0.2) is 15.7 Å². The van der Waals surface area contributed by atoms with E-state index >= 15 is 0 Å². The number of hydrogen-bond donors (Lipinski definition) is 3. The van der Waals surface area contributed by atoms with E-state index in [9.17, 15) is 13.2 Å². The summed E-state index contributed by atoms with van der Waals surface area (Å²) < 4.78 is 26.2. The van der Waals surface area contributed by atoms with Crippen molar-refractivity contribution in [2.24, 2.45) is 0 Å². The molecule has 0 aliphatic heterocycles. The normalized spacial score (nSPS) is 13.2. The highest BCUT2D eigenvalue weighted by atomic mass is 32.2. The van der Waals surface area contributed by atoms with Gasteiger partial charge in [0, 0.05) is 30.1 Å². The molecule has 8 heteroatoms. The van der Waals surface area contributed by atoms with Crippen LogP contribution in [0.2, 0.25) is 0 Å². The molecule has 1 unspecified atom stereocenters. The topological polar surface area (TPSA) is 101 Å². The third kappa shape index (κ3) is 5.17. The molecule has 0 spiro atoms. The number of carbonyl (C=O) groups is 1. The number of nitrogens with two attached hydrogens (primary N) is 1. The van der Waals surface area contributed by atoms with Crippen molar-refractivity contribution >= 4 is 33.0 Å². The minimum absolute atomic E-state index is 0.0718. The lowest BCUT2D eigenvalue weighted by molar-refractivity contribution is -0.121. The van der Waals surface area contributed by atoms with Gasteiger partial charge in [0.05, 0.1) is 0 Å². The first kappa shape index (κ1) is 15.9. The summed E-state index contributed by atoms with van der Waals surface area (Å²) >= 11 is 1.05. The second-order valence-corrected chi connectivity index (χ2v) is 7.13. The standard InChI is InChI=1S/C11H19N3O3S2/c1-3-8(2)14-10(15)4-5-13-19(16,17)11-6-9(12)7-18-11/h6-8,13H,3-5,12H2,1-2H3,(H,14,15). The van der Waals surface area contributed by atoms with E-state index in [1.807, 2.05) is 13.8 Å². The molecule has 1 heterocycles. The maximum Gasteiger partial charge on any atom is 0.250 e. The third-order valence-corrected chi connectivity index (χ3v) is 5.44. The molecule has 1 amide bonds. The van der Waals surface area contributed by atoms with Crippen molar-refractivity contribution in [1.29, 1.82) is 0 Å². The Morgan fingerprint density at radius 3 is 2.74 bits per heavy atom. The molecular formula is C11H19N3O3S2. The monoisotopic (exact) mass is 305 g/mol. The average Bonchev–Trinajstić information content (AvgIpc) is 2.76. The van der Waals surface area contributed by atoms with Gasteiger partial charge >= 0.3 is 0 Å². The number of nitrogens with one attached hydrogen (secondary N) is 2. The second kappa shape index (κ2) is 6.88. The molecule has 0 aliphatic rings. The zero-order valence-electron chi connectivity index (χ0n) is 11.0. The molecule has 108 valence electrons. The quantitative estimate of drug-likeness (QED) is 0.697. The predicted molar refractivity (Wildman–Crippen MR) is 76.4 cm³/mol. The van der Waals surface area contributed by atoms with Crippen LogP contribution in [-0.4, -0.2) is 26.9 Å². The lowest BCUT2D eigenvalue weighted by Gasteiger charge is -2.11. The van der Waals surface area contributed by atoms with Crippen molar-refractivity contribution in [3.8, 4) is 0 Å². The Bertz CT molecular complexity index is 525. The predicted octanol–water partition coefficient (Wildman–Crippen LogP) is 0.913. The van der Waals surface area contributed by atoms with Crippen molar-refractivity contribution in [2.45, 2.75) is 36.9 Å². The average molecular weight is 305 g/mol. The summed E-state index contributed by atoms with van der Waals surface area (Å²) in [7, 11) is -3.56. The second-order valence-electron chi connectivity index (χ2n) is 4.22. The van der Waals surface area contributed by atoms with Gasteiger partial charge in [-0.2, -0.15) is 0 Å². The lowest BCUT2D eigenvalue weighted by atomic mass is 10.2. The number of nitrogen functional groups attached to an aromatic ring is 1. The smallest absolute Gasteiger partial charge is 0.250 e. The van der Waals surface area contributed by atoms with Gasteiger partial charge in [-0.05, 0) is 19.4 Å². The Kier molecular flexibility index (Phi) is 5.77. The third-order valence-electron chi connectivity index (χ3n) is 2.52. The number of hydrogen-bond acceptors (Lipinski definition) is 5. The number of amides is 1. The van der Waals surface area contributed by atoms with Gasteiger partial charge < -0.3 is 11.1 Å². The number of rotatable bonds is 7. The molecule has 0 fully saturated rings. The van der Waals surface area contributed by atoms with Gasteiger partial charge in [0.2, 0.25) is 15.9 Å². The molecule has 0 aliphatic carbocycles. The van der Waals surface area contributed by atoms with Crippen molar-refractivity contribution in [3.63, 3.8) is 0 Å². The Morgan fingerprint density at radius 2 is 2.21 bits per heavy atom. The van der Waals surface area contributed by atoms with Gasteiger partial charge in [0.15, 0.2) is 0 Å². The van der Waals surface area contributed by atoms with Crippen LogP contribution < -0.4 is 15.8 Å². The summed E-state index contributed by atoms with van der Waals surface area (Å²) in [5.74, 6) is -0.164. The van der Waals surface area contributed by atoms with E-state index in [-0.39, 0.29) is 29.1 Å².